The number of amides is 3. The first-order valence-corrected chi connectivity index (χ1v) is 10.4. The van der Waals surface area contributed by atoms with Crippen LogP contribution in [0.15, 0.2) is 24.3 Å². The van der Waals surface area contributed by atoms with Gasteiger partial charge in [0, 0.05) is 31.7 Å². The fraction of sp³-hybridized carbons (Fsp3) is 0.591. The summed E-state index contributed by atoms with van der Waals surface area (Å²) in [6.07, 6.45) is 3.32. The molecule has 0 aromatic heterocycles. The summed E-state index contributed by atoms with van der Waals surface area (Å²) in [6.45, 7) is 5.71. The number of rotatable bonds is 6. The highest BCUT2D eigenvalue weighted by molar-refractivity contribution is 6.01. The van der Waals surface area contributed by atoms with Crippen LogP contribution in [-0.4, -0.2) is 55.4 Å². The average Bonchev–Trinajstić information content (AvgIpc) is 3.13. The molecule has 7 nitrogen and oxygen atoms in total. The van der Waals surface area contributed by atoms with Crippen molar-refractivity contribution < 1.29 is 19.1 Å². The van der Waals surface area contributed by atoms with Gasteiger partial charge in [0.1, 0.15) is 11.8 Å². The molecule has 3 rings (SSSR count). The van der Waals surface area contributed by atoms with Crippen LogP contribution in [-0.2, 0) is 14.4 Å². The van der Waals surface area contributed by atoms with Gasteiger partial charge in [-0.15, -0.1) is 0 Å². The lowest BCUT2D eigenvalue weighted by molar-refractivity contribution is -0.139. The van der Waals surface area contributed by atoms with Crippen molar-refractivity contribution in [1.82, 2.24) is 10.2 Å². The Hall–Kier alpha value is -2.57. The van der Waals surface area contributed by atoms with Crippen LogP contribution in [0.3, 0.4) is 0 Å². The lowest BCUT2D eigenvalue weighted by Crippen LogP contribution is -2.53. The third-order valence-electron chi connectivity index (χ3n) is 5.78. The summed E-state index contributed by atoms with van der Waals surface area (Å²) in [5.41, 5.74) is 0.746. The second-order valence-corrected chi connectivity index (χ2v) is 8.22. The summed E-state index contributed by atoms with van der Waals surface area (Å²) >= 11 is 0. The molecule has 2 atom stereocenters. The van der Waals surface area contributed by atoms with E-state index in [0.717, 1.165) is 38.0 Å². The van der Waals surface area contributed by atoms with E-state index < -0.39 is 12.0 Å². The number of hydrogen-bond acceptors (Lipinski definition) is 4. The van der Waals surface area contributed by atoms with Crippen LogP contribution in [0, 0.1) is 11.8 Å². The zero-order valence-electron chi connectivity index (χ0n) is 17.5. The van der Waals surface area contributed by atoms with Crippen molar-refractivity contribution in [2.24, 2.45) is 11.8 Å². The number of hydrogen-bond donors (Lipinski definition) is 1. The molecule has 1 aromatic carbocycles. The number of benzene rings is 1. The molecule has 3 amide bonds. The molecule has 1 unspecified atom stereocenters. The van der Waals surface area contributed by atoms with Gasteiger partial charge in [0.25, 0.3) is 0 Å². The Bertz CT molecular complexity index is 741. The monoisotopic (exact) mass is 401 g/mol. The highest BCUT2D eigenvalue weighted by Crippen LogP contribution is 2.27. The van der Waals surface area contributed by atoms with Crippen molar-refractivity contribution in [3.05, 3.63) is 24.3 Å². The first-order valence-electron chi connectivity index (χ1n) is 10.4. The quantitative estimate of drug-likeness (QED) is 0.793. The van der Waals surface area contributed by atoms with Gasteiger partial charge in [-0.2, -0.15) is 0 Å². The molecule has 158 valence electrons. The highest BCUT2D eigenvalue weighted by Gasteiger charge is 2.38. The number of piperidine rings is 1. The van der Waals surface area contributed by atoms with Crippen LogP contribution in [0.5, 0.6) is 5.75 Å². The first-order chi connectivity index (χ1) is 13.9. The maximum Gasteiger partial charge on any atom is 0.245 e. The molecular weight excluding hydrogens is 370 g/mol. The summed E-state index contributed by atoms with van der Waals surface area (Å²) in [7, 11) is 1.59. The van der Waals surface area contributed by atoms with E-state index in [1.807, 2.05) is 30.9 Å². The summed E-state index contributed by atoms with van der Waals surface area (Å²) in [5, 5.41) is 2.94. The van der Waals surface area contributed by atoms with Gasteiger partial charge in [0.05, 0.1) is 13.0 Å². The largest absolute Gasteiger partial charge is 0.497 e. The number of carbonyl (C=O) groups excluding carboxylic acids is 3. The van der Waals surface area contributed by atoms with Gasteiger partial charge in [-0.1, -0.05) is 13.8 Å². The predicted molar refractivity (Wildman–Crippen MR) is 111 cm³/mol. The third-order valence-corrected chi connectivity index (χ3v) is 5.78. The molecule has 2 saturated heterocycles. The summed E-state index contributed by atoms with van der Waals surface area (Å²) in [6, 6.07) is 6.66. The number of nitrogens with one attached hydrogen (secondary N) is 1. The number of ether oxygens (including phenoxy) is 1. The molecule has 0 radical (unpaired) electrons. The van der Waals surface area contributed by atoms with Gasteiger partial charge < -0.3 is 19.9 Å². The van der Waals surface area contributed by atoms with E-state index in [1.54, 1.807) is 24.1 Å². The standard InChI is InChI=1S/C22H31N3O4/c1-15(2)20(22(28)24-11-5-4-6-12-24)23-21(27)16-13-19(26)25(14-16)17-7-9-18(29-3)10-8-17/h7-10,15-16,20H,4-6,11-14H2,1-3H3,(H,23,27)/t16?,20-/m0/s1. The van der Waals surface area contributed by atoms with Crippen LogP contribution >= 0.6 is 0 Å². The summed E-state index contributed by atoms with van der Waals surface area (Å²) in [5.74, 6) is -0.0737. The van der Waals surface area contributed by atoms with Crippen molar-refractivity contribution in [3.63, 3.8) is 0 Å². The van der Waals surface area contributed by atoms with Crippen molar-refractivity contribution in [3.8, 4) is 5.75 Å². The Morgan fingerprint density at radius 1 is 1.10 bits per heavy atom. The molecule has 2 aliphatic rings. The van der Waals surface area contributed by atoms with Gasteiger partial charge in [-0.05, 0) is 49.4 Å². The van der Waals surface area contributed by atoms with Gasteiger partial charge in [0.15, 0.2) is 0 Å². The van der Waals surface area contributed by atoms with Crippen LogP contribution < -0.4 is 15.0 Å². The SMILES string of the molecule is COc1ccc(N2CC(C(=O)N[C@H](C(=O)N3CCCCC3)C(C)C)CC2=O)cc1. The maximum absolute atomic E-state index is 12.9. The van der Waals surface area contributed by atoms with Crippen molar-refractivity contribution in [2.45, 2.75) is 45.6 Å². The first kappa shape index (κ1) is 21.1. The van der Waals surface area contributed by atoms with Crippen LogP contribution in [0.1, 0.15) is 39.5 Å². The van der Waals surface area contributed by atoms with Gasteiger partial charge in [-0.25, -0.2) is 0 Å². The van der Waals surface area contributed by atoms with Crippen LogP contribution in [0.4, 0.5) is 5.69 Å². The minimum atomic E-state index is -0.550. The summed E-state index contributed by atoms with van der Waals surface area (Å²) in [4.78, 5) is 41.8. The van der Waals surface area contributed by atoms with E-state index in [1.165, 1.54) is 0 Å². The van der Waals surface area contributed by atoms with E-state index >= 15 is 0 Å². The Kier molecular flexibility index (Phi) is 6.77. The molecule has 7 heteroatoms. The second-order valence-electron chi connectivity index (χ2n) is 8.22. The van der Waals surface area contributed by atoms with Crippen LogP contribution in [0.2, 0.25) is 0 Å². The molecule has 0 saturated carbocycles. The lowest BCUT2D eigenvalue weighted by atomic mass is 9.99. The van der Waals surface area contributed by atoms with Gasteiger partial charge >= 0.3 is 0 Å². The van der Waals surface area contributed by atoms with E-state index in [2.05, 4.69) is 5.32 Å². The maximum atomic E-state index is 12.9. The Morgan fingerprint density at radius 2 is 1.76 bits per heavy atom. The Labute approximate surface area is 172 Å². The molecule has 0 spiro atoms. The Morgan fingerprint density at radius 3 is 2.34 bits per heavy atom. The fourth-order valence-electron chi connectivity index (χ4n) is 3.99. The number of anilines is 1. The minimum Gasteiger partial charge on any atom is -0.497 e. The number of methoxy groups -OCH3 is 1. The van der Waals surface area contributed by atoms with Gasteiger partial charge in [0.2, 0.25) is 17.7 Å². The van der Waals surface area contributed by atoms with E-state index in [-0.39, 0.29) is 30.1 Å². The molecule has 1 N–H and O–H groups in total. The highest BCUT2D eigenvalue weighted by atomic mass is 16.5. The minimum absolute atomic E-state index is 0.00983. The average molecular weight is 402 g/mol. The normalized spacial score (nSPS) is 20.7. The molecule has 2 fully saturated rings. The molecule has 2 heterocycles. The Balaban J connectivity index is 1.64. The van der Waals surface area contributed by atoms with E-state index in [0.29, 0.717) is 12.3 Å². The molecular formula is C22H31N3O4. The molecule has 29 heavy (non-hydrogen) atoms. The lowest BCUT2D eigenvalue weighted by Gasteiger charge is -2.32. The topological polar surface area (TPSA) is 79.0 Å². The third kappa shape index (κ3) is 4.89. The predicted octanol–water partition coefficient (Wildman–Crippen LogP) is 2.20. The van der Waals surface area contributed by atoms with E-state index in [4.69, 9.17) is 4.74 Å². The smallest absolute Gasteiger partial charge is 0.245 e. The second kappa shape index (κ2) is 9.29. The molecule has 0 bridgehead atoms. The van der Waals surface area contributed by atoms with Gasteiger partial charge in [-0.3, -0.25) is 14.4 Å². The van der Waals surface area contributed by atoms with Crippen molar-refractivity contribution in [1.29, 1.82) is 0 Å². The number of nitrogens with zero attached hydrogens (tertiary/aromatic N) is 2. The molecule has 1 aromatic rings. The molecule has 0 aliphatic carbocycles. The molecule has 2 aliphatic heterocycles. The fourth-order valence-corrected chi connectivity index (χ4v) is 3.99. The van der Waals surface area contributed by atoms with Crippen molar-refractivity contribution >= 4 is 23.4 Å². The number of carbonyl (C=O) groups is 3. The van der Waals surface area contributed by atoms with Crippen LogP contribution in [0.25, 0.3) is 0 Å². The zero-order valence-corrected chi connectivity index (χ0v) is 17.5. The van der Waals surface area contributed by atoms with E-state index in [9.17, 15) is 14.4 Å². The van der Waals surface area contributed by atoms with Crippen molar-refractivity contribution in [2.75, 3.05) is 31.6 Å². The zero-order chi connectivity index (χ0) is 21.0. The number of likely N-dealkylation sites (tertiary alicyclic amines) is 1. The summed E-state index contributed by atoms with van der Waals surface area (Å²) < 4.78 is 5.15.